The van der Waals surface area contributed by atoms with E-state index in [9.17, 15) is 9.59 Å². The molecular formula is C19H23NO3. The Hall–Kier alpha value is -2.20. The van der Waals surface area contributed by atoms with E-state index in [0.29, 0.717) is 23.3 Å². The Morgan fingerprint density at radius 1 is 1.13 bits per heavy atom. The number of ether oxygens (including phenoxy) is 1. The van der Waals surface area contributed by atoms with Gasteiger partial charge in [0.25, 0.3) is 5.91 Å². The first-order valence-electron chi connectivity index (χ1n) is 7.84. The van der Waals surface area contributed by atoms with Crippen LogP contribution >= 0.6 is 0 Å². The highest BCUT2D eigenvalue weighted by Crippen LogP contribution is 2.31. The van der Waals surface area contributed by atoms with Gasteiger partial charge in [-0.15, -0.1) is 0 Å². The molecule has 1 aliphatic rings. The summed E-state index contributed by atoms with van der Waals surface area (Å²) < 4.78 is 6.00. The Morgan fingerprint density at radius 3 is 2.30 bits per heavy atom. The predicted octanol–water partition coefficient (Wildman–Crippen LogP) is 3.32. The molecule has 4 nitrogen and oxygen atoms in total. The minimum atomic E-state index is -1.05. The first kappa shape index (κ1) is 17.2. The van der Waals surface area contributed by atoms with Gasteiger partial charge in [0.1, 0.15) is 0 Å². The number of benzene rings is 1. The van der Waals surface area contributed by atoms with Gasteiger partial charge in [-0.2, -0.15) is 0 Å². The third-order valence-corrected chi connectivity index (χ3v) is 4.03. The Bertz CT molecular complexity index is 664. The summed E-state index contributed by atoms with van der Waals surface area (Å²) in [6, 6.07) is 7.40. The van der Waals surface area contributed by atoms with Crippen LogP contribution in [0.3, 0.4) is 0 Å². The van der Waals surface area contributed by atoms with Crippen molar-refractivity contribution in [1.82, 2.24) is 5.32 Å². The number of amides is 1. The average Bonchev–Trinajstić information content (AvgIpc) is 2.50. The van der Waals surface area contributed by atoms with Crippen LogP contribution in [0.5, 0.6) is 0 Å². The lowest BCUT2D eigenvalue weighted by atomic mass is 9.89. The summed E-state index contributed by atoms with van der Waals surface area (Å²) in [6.45, 7) is 8.00. The second kappa shape index (κ2) is 6.92. The molecule has 23 heavy (non-hydrogen) atoms. The number of ketones is 1. The SMILES string of the molecule is CCCOC1(NC(=O)c2ccccc2C)C(C)=CC(=O)C=C1C. The summed E-state index contributed by atoms with van der Waals surface area (Å²) in [5.41, 5.74) is 1.83. The van der Waals surface area contributed by atoms with Gasteiger partial charge < -0.3 is 10.1 Å². The van der Waals surface area contributed by atoms with Gasteiger partial charge in [-0.1, -0.05) is 25.1 Å². The molecule has 1 aliphatic carbocycles. The van der Waals surface area contributed by atoms with Crippen molar-refractivity contribution in [2.75, 3.05) is 6.61 Å². The Morgan fingerprint density at radius 2 is 1.74 bits per heavy atom. The molecule has 0 bridgehead atoms. The number of hydrogen-bond acceptors (Lipinski definition) is 3. The molecule has 0 aliphatic heterocycles. The summed E-state index contributed by atoms with van der Waals surface area (Å²) >= 11 is 0. The van der Waals surface area contributed by atoms with Crippen LogP contribution in [-0.2, 0) is 9.53 Å². The zero-order chi connectivity index (χ0) is 17.0. The van der Waals surface area contributed by atoms with E-state index in [1.54, 1.807) is 6.07 Å². The van der Waals surface area contributed by atoms with E-state index < -0.39 is 5.72 Å². The molecule has 0 spiro atoms. The van der Waals surface area contributed by atoms with Crippen molar-refractivity contribution in [3.05, 3.63) is 58.7 Å². The third kappa shape index (κ3) is 3.42. The van der Waals surface area contributed by atoms with Crippen molar-refractivity contribution in [3.63, 3.8) is 0 Å². The molecule has 0 saturated heterocycles. The number of rotatable bonds is 5. The van der Waals surface area contributed by atoms with E-state index in [1.165, 1.54) is 12.2 Å². The van der Waals surface area contributed by atoms with Gasteiger partial charge in [0.05, 0.1) is 0 Å². The van der Waals surface area contributed by atoms with E-state index in [0.717, 1.165) is 12.0 Å². The first-order chi connectivity index (χ1) is 10.9. The van der Waals surface area contributed by atoms with E-state index in [4.69, 9.17) is 4.74 Å². The zero-order valence-corrected chi connectivity index (χ0v) is 14.1. The van der Waals surface area contributed by atoms with Crippen LogP contribution in [0.15, 0.2) is 47.6 Å². The van der Waals surface area contributed by atoms with Gasteiger partial charge in [0.15, 0.2) is 11.5 Å². The number of carbonyl (C=O) groups is 2. The first-order valence-corrected chi connectivity index (χ1v) is 7.84. The molecular weight excluding hydrogens is 290 g/mol. The van der Waals surface area contributed by atoms with Crippen LogP contribution in [-0.4, -0.2) is 24.0 Å². The van der Waals surface area contributed by atoms with Gasteiger partial charge in [-0.3, -0.25) is 9.59 Å². The van der Waals surface area contributed by atoms with Crippen LogP contribution in [0, 0.1) is 6.92 Å². The summed E-state index contributed by atoms with van der Waals surface area (Å²) in [6.07, 6.45) is 3.85. The lowest BCUT2D eigenvalue weighted by Gasteiger charge is -2.38. The minimum absolute atomic E-state index is 0.0825. The van der Waals surface area contributed by atoms with Crippen molar-refractivity contribution >= 4 is 11.7 Å². The standard InChI is InChI=1S/C19H23NO3/c1-5-10-23-19(14(3)11-16(21)12-15(19)4)20-18(22)17-9-7-6-8-13(17)2/h6-9,11-12H,5,10H2,1-4H3,(H,20,22). The number of allylic oxidation sites excluding steroid dienone is 2. The highest BCUT2D eigenvalue weighted by Gasteiger charge is 2.39. The van der Waals surface area contributed by atoms with Crippen LogP contribution < -0.4 is 5.32 Å². The van der Waals surface area contributed by atoms with E-state index in [2.05, 4.69) is 5.32 Å². The van der Waals surface area contributed by atoms with Gasteiger partial charge in [-0.05, 0) is 62.1 Å². The third-order valence-electron chi connectivity index (χ3n) is 4.03. The van der Waals surface area contributed by atoms with E-state index >= 15 is 0 Å². The van der Waals surface area contributed by atoms with Crippen LogP contribution in [0.1, 0.15) is 43.1 Å². The van der Waals surface area contributed by atoms with Crippen molar-refractivity contribution in [1.29, 1.82) is 0 Å². The van der Waals surface area contributed by atoms with E-state index in [1.807, 2.05) is 45.9 Å². The number of carbonyl (C=O) groups excluding carboxylic acids is 2. The molecule has 1 N–H and O–H groups in total. The maximum Gasteiger partial charge on any atom is 0.254 e. The zero-order valence-electron chi connectivity index (χ0n) is 14.1. The van der Waals surface area contributed by atoms with Crippen LogP contribution in [0.4, 0.5) is 0 Å². The molecule has 0 heterocycles. The molecule has 1 aromatic rings. The second-order valence-corrected chi connectivity index (χ2v) is 5.86. The number of aryl methyl sites for hydroxylation is 1. The van der Waals surface area contributed by atoms with E-state index in [-0.39, 0.29) is 11.7 Å². The molecule has 1 aromatic carbocycles. The molecule has 0 saturated carbocycles. The highest BCUT2D eigenvalue weighted by atomic mass is 16.5. The topological polar surface area (TPSA) is 55.4 Å². The second-order valence-electron chi connectivity index (χ2n) is 5.86. The molecule has 0 aromatic heterocycles. The van der Waals surface area contributed by atoms with Crippen molar-refractivity contribution < 1.29 is 14.3 Å². The maximum absolute atomic E-state index is 12.7. The molecule has 4 heteroatoms. The molecule has 2 rings (SSSR count). The largest absolute Gasteiger partial charge is 0.348 e. The lowest BCUT2D eigenvalue weighted by molar-refractivity contribution is -0.111. The Labute approximate surface area is 137 Å². The number of nitrogens with one attached hydrogen (secondary N) is 1. The molecule has 0 radical (unpaired) electrons. The Balaban J connectivity index is 2.39. The fraction of sp³-hybridized carbons (Fsp3) is 0.368. The van der Waals surface area contributed by atoms with Crippen LogP contribution in [0.2, 0.25) is 0 Å². The molecule has 1 amide bonds. The fourth-order valence-electron chi connectivity index (χ4n) is 2.75. The van der Waals surface area contributed by atoms with Gasteiger partial charge in [0.2, 0.25) is 0 Å². The predicted molar refractivity (Wildman–Crippen MR) is 90.1 cm³/mol. The lowest BCUT2D eigenvalue weighted by Crippen LogP contribution is -2.54. The molecule has 0 atom stereocenters. The summed E-state index contributed by atoms with van der Waals surface area (Å²) in [5.74, 6) is -0.296. The minimum Gasteiger partial charge on any atom is -0.348 e. The molecule has 0 unspecified atom stereocenters. The van der Waals surface area contributed by atoms with Gasteiger partial charge in [-0.25, -0.2) is 0 Å². The number of hydrogen-bond donors (Lipinski definition) is 1. The summed E-state index contributed by atoms with van der Waals surface area (Å²) in [4.78, 5) is 24.5. The average molecular weight is 313 g/mol. The quantitative estimate of drug-likeness (QED) is 0.848. The van der Waals surface area contributed by atoms with Gasteiger partial charge >= 0.3 is 0 Å². The Kier molecular flexibility index (Phi) is 5.16. The normalized spacial score (nSPS) is 16.6. The monoisotopic (exact) mass is 313 g/mol. The van der Waals surface area contributed by atoms with Crippen molar-refractivity contribution in [2.45, 2.75) is 39.8 Å². The summed E-state index contributed by atoms with van der Waals surface area (Å²) in [5, 5.41) is 2.99. The highest BCUT2D eigenvalue weighted by molar-refractivity contribution is 6.03. The van der Waals surface area contributed by atoms with Gasteiger partial charge in [0, 0.05) is 12.2 Å². The maximum atomic E-state index is 12.7. The summed E-state index contributed by atoms with van der Waals surface area (Å²) in [7, 11) is 0. The molecule has 0 fully saturated rings. The van der Waals surface area contributed by atoms with Crippen molar-refractivity contribution in [3.8, 4) is 0 Å². The fourth-order valence-corrected chi connectivity index (χ4v) is 2.75. The smallest absolute Gasteiger partial charge is 0.254 e. The van der Waals surface area contributed by atoms with Crippen LogP contribution in [0.25, 0.3) is 0 Å². The van der Waals surface area contributed by atoms with Crippen molar-refractivity contribution in [2.24, 2.45) is 0 Å². The molecule has 122 valence electrons.